The van der Waals surface area contributed by atoms with E-state index in [1.165, 1.54) is 5.01 Å². The average molecular weight is 230 g/mol. The monoisotopic (exact) mass is 230 g/mol. The summed E-state index contributed by atoms with van der Waals surface area (Å²) >= 11 is 0. The lowest BCUT2D eigenvalue weighted by Crippen LogP contribution is -2.51. The number of nitrogens with zero attached hydrogens (tertiary/aromatic N) is 3. The lowest BCUT2D eigenvalue weighted by Gasteiger charge is -2.30. The van der Waals surface area contributed by atoms with Gasteiger partial charge >= 0.3 is 0 Å². The number of hydrogen-bond donors (Lipinski definition) is 1. The second-order valence-electron chi connectivity index (χ2n) is 4.02. The van der Waals surface area contributed by atoms with Crippen LogP contribution in [0.25, 0.3) is 0 Å². The van der Waals surface area contributed by atoms with E-state index in [9.17, 15) is 9.59 Å². The molecule has 6 nitrogen and oxygen atoms in total. The summed E-state index contributed by atoms with van der Waals surface area (Å²) in [6.07, 6.45) is 9.47. The van der Waals surface area contributed by atoms with E-state index in [-0.39, 0.29) is 24.4 Å². The Morgan fingerprint density at radius 2 is 2.24 bits per heavy atom. The molecule has 1 N–H and O–H groups in total. The van der Waals surface area contributed by atoms with Crippen molar-refractivity contribution in [2.75, 3.05) is 6.54 Å². The standard InChI is InChI=1S/C11H10N4O2/c16-10-6-15(14-13-10)9-5-7-3-1-2-4-8(7)12-11(9)17/h1-5,8-9H,6H2,(H,12,17). The summed E-state index contributed by atoms with van der Waals surface area (Å²) in [6, 6.07) is -0.619. The minimum Gasteiger partial charge on any atom is -0.344 e. The van der Waals surface area contributed by atoms with Gasteiger partial charge in [-0.3, -0.25) is 14.6 Å². The third-order valence-corrected chi connectivity index (χ3v) is 2.87. The van der Waals surface area contributed by atoms with Crippen molar-refractivity contribution in [2.45, 2.75) is 12.1 Å². The van der Waals surface area contributed by atoms with Crippen molar-refractivity contribution in [1.29, 1.82) is 0 Å². The zero-order valence-corrected chi connectivity index (χ0v) is 8.91. The Morgan fingerprint density at radius 1 is 1.35 bits per heavy atom. The van der Waals surface area contributed by atoms with Crippen LogP contribution in [0.3, 0.4) is 0 Å². The summed E-state index contributed by atoms with van der Waals surface area (Å²) in [5, 5.41) is 11.3. The highest BCUT2D eigenvalue weighted by Crippen LogP contribution is 2.21. The van der Waals surface area contributed by atoms with Gasteiger partial charge in [-0.25, -0.2) is 0 Å². The largest absolute Gasteiger partial charge is 0.344 e. The van der Waals surface area contributed by atoms with E-state index >= 15 is 0 Å². The highest BCUT2D eigenvalue weighted by atomic mass is 16.2. The molecule has 0 bridgehead atoms. The number of carbonyl (C=O) groups excluding carboxylic acids is 2. The molecular weight excluding hydrogens is 220 g/mol. The van der Waals surface area contributed by atoms with Gasteiger partial charge < -0.3 is 5.32 Å². The molecule has 1 aliphatic carbocycles. The Balaban J connectivity index is 1.88. The van der Waals surface area contributed by atoms with Crippen LogP contribution in [0.4, 0.5) is 0 Å². The fourth-order valence-electron chi connectivity index (χ4n) is 2.03. The maximum atomic E-state index is 11.9. The van der Waals surface area contributed by atoms with Crippen molar-refractivity contribution < 1.29 is 9.59 Å². The van der Waals surface area contributed by atoms with E-state index < -0.39 is 6.04 Å². The molecule has 3 aliphatic rings. The number of hydrogen-bond acceptors (Lipinski definition) is 4. The molecule has 0 spiro atoms. The van der Waals surface area contributed by atoms with Crippen LogP contribution < -0.4 is 5.32 Å². The Bertz CT molecular complexity index is 504. The van der Waals surface area contributed by atoms with Crippen molar-refractivity contribution >= 4 is 11.8 Å². The van der Waals surface area contributed by atoms with Crippen LogP contribution in [0.2, 0.25) is 0 Å². The molecule has 0 saturated carbocycles. The maximum absolute atomic E-state index is 11.9. The minimum absolute atomic E-state index is 0.0616. The first-order valence-corrected chi connectivity index (χ1v) is 5.32. The molecular formula is C11H10N4O2. The summed E-state index contributed by atoms with van der Waals surface area (Å²) in [7, 11) is 0. The van der Waals surface area contributed by atoms with Gasteiger partial charge in [0.2, 0.25) is 5.91 Å². The van der Waals surface area contributed by atoms with Crippen molar-refractivity contribution in [2.24, 2.45) is 10.3 Å². The van der Waals surface area contributed by atoms with Crippen molar-refractivity contribution in [3.63, 3.8) is 0 Å². The van der Waals surface area contributed by atoms with Crippen molar-refractivity contribution in [3.05, 3.63) is 36.0 Å². The van der Waals surface area contributed by atoms with Gasteiger partial charge in [0, 0.05) is 0 Å². The number of nitrogens with one attached hydrogen (secondary N) is 1. The molecule has 86 valence electrons. The van der Waals surface area contributed by atoms with Gasteiger partial charge in [0.15, 0.2) is 0 Å². The maximum Gasteiger partial charge on any atom is 0.287 e. The molecule has 0 aromatic rings. The average Bonchev–Trinajstić information content (AvgIpc) is 2.75. The van der Waals surface area contributed by atoms with Crippen LogP contribution >= 0.6 is 0 Å². The Morgan fingerprint density at radius 3 is 3.00 bits per heavy atom. The second-order valence-corrected chi connectivity index (χ2v) is 4.02. The van der Waals surface area contributed by atoms with Gasteiger partial charge in [-0.2, -0.15) is 0 Å². The summed E-state index contributed by atoms with van der Waals surface area (Å²) in [5.41, 5.74) is 1.01. The molecule has 2 amide bonds. The second kappa shape index (κ2) is 3.65. The summed E-state index contributed by atoms with van der Waals surface area (Å²) in [5.74, 6) is -0.482. The van der Waals surface area contributed by atoms with Crippen molar-refractivity contribution in [1.82, 2.24) is 10.3 Å². The number of amides is 2. The molecule has 17 heavy (non-hydrogen) atoms. The third kappa shape index (κ3) is 1.67. The van der Waals surface area contributed by atoms with Crippen LogP contribution in [-0.2, 0) is 9.59 Å². The lowest BCUT2D eigenvalue weighted by atomic mass is 9.95. The normalized spacial score (nSPS) is 30.4. The van der Waals surface area contributed by atoms with Crippen LogP contribution in [-0.4, -0.2) is 35.5 Å². The van der Waals surface area contributed by atoms with Crippen LogP contribution in [0.5, 0.6) is 0 Å². The Kier molecular flexibility index (Phi) is 2.14. The third-order valence-electron chi connectivity index (χ3n) is 2.87. The van der Waals surface area contributed by atoms with E-state index in [1.807, 2.05) is 30.4 Å². The quantitative estimate of drug-likeness (QED) is 0.695. The van der Waals surface area contributed by atoms with Gasteiger partial charge in [-0.1, -0.05) is 34.6 Å². The van der Waals surface area contributed by atoms with E-state index in [1.54, 1.807) is 0 Å². The number of fused-ring (bicyclic) bond motifs is 1. The first-order chi connectivity index (χ1) is 8.24. The van der Waals surface area contributed by atoms with Crippen molar-refractivity contribution in [3.8, 4) is 0 Å². The molecule has 0 aromatic carbocycles. The van der Waals surface area contributed by atoms with Gasteiger partial charge in [0.05, 0.1) is 6.04 Å². The SMILES string of the molecule is O=C1CN(C2C=C3C=CC=CC3NC2=O)N=N1. The number of allylic oxidation sites excluding steroid dienone is 2. The van der Waals surface area contributed by atoms with E-state index in [2.05, 4.69) is 15.7 Å². The molecule has 0 aromatic heterocycles. The molecule has 2 heterocycles. The number of rotatable bonds is 1. The minimum atomic E-state index is -0.549. The fourth-order valence-corrected chi connectivity index (χ4v) is 2.03. The zero-order chi connectivity index (χ0) is 11.8. The van der Waals surface area contributed by atoms with E-state index in [4.69, 9.17) is 0 Å². The lowest BCUT2D eigenvalue weighted by molar-refractivity contribution is -0.125. The molecule has 2 atom stereocenters. The summed E-state index contributed by atoms with van der Waals surface area (Å²) in [4.78, 5) is 22.9. The predicted octanol–water partition coefficient (Wildman–Crippen LogP) is 0.115. The van der Waals surface area contributed by atoms with Crippen LogP contribution in [0.15, 0.2) is 46.3 Å². The molecule has 0 radical (unpaired) electrons. The summed E-state index contributed by atoms with van der Waals surface area (Å²) < 4.78 is 0. The molecule has 2 unspecified atom stereocenters. The smallest absolute Gasteiger partial charge is 0.287 e. The van der Waals surface area contributed by atoms with Gasteiger partial charge in [-0.05, 0) is 11.6 Å². The highest BCUT2D eigenvalue weighted by molar-refractivity contribution is 5.88. The Labute approximate surface area is 97.4 Å². The first kappa shape index (κ1) is 9.95. The molecule has 2 aliphatic heterocycles. The topological polar surface area (TPSA) is 74.1 Å². The number of carbonyl (C=O) groups is 2. The summed E-state index contributed by atoms with van der Waals surface area (Å²) in [6.45, 7) is 0.0616. The van der Waals surface area contributed by atoms with Crippen LogP contribution in [0, 0.1) is 0 Å². The van der Waals surface area contributed by atoms with E-state index in [0.29, 0.717) is 0 Å². The first-order valence-electron chi connectivity index (χ1n) is 5.32. The van der Waals surface area contributed by atoms with Gasteiger partial charge in [0.25, 0.3) is 5.91 Å². The molecule has 0 fully saturated rings. The van der Waals surface area contributed by atoms with Crippen LogP contribution in [0.1, 0.15) is 0 Å². The van der Waals surface area contributed by atoms with Gasteiger partial charge in [-0.15, -0.1) is 0 Å². The molecule has 3 rings (SSSR count). The predicted molar refractivity (Wildman–Crippen MR) is 58.7 cm³/mol. The van der Waals surface area contributed by atoms with E-state index in [0.717, 1.165) is 5.57 Å². The Hall–Kier alpha value is -2.24. The fraction of sp³-hybridized carbons (Fsp3) is 0.273. The highest BCUT2D eigenvalue weighted by Gasteiger charge is 2.34. The van der Waals surface area contributed by atoms with Gasteiger partial charge in [0.1, 0.15) is 12.6 Å². The zero-order valence-electron chi connectivity index (χ0n) is 8.91. The molecule has 6 heteroatoms. The molecule has 0 saturated heterocycles.